The van der Waals surface area contributed by atoms with Crippen molar-refractivity contribution in [3.05, 3.63) is 25.0 Å². The van der Waals surface area contributed by atoms with Crippen LogP contribution in [0.1, 0.15) is 38.5 Å². The maximum atomic E-state index is 4.32. The maximum Gasteiger partial charge on any atom is 0.203 e. The first-order chi connectivity index (χ1) is 8.40. The van der Waals surface area contributed by atoms with Gasteiger partial charge in [0.15, 0.2) is 0 Å². The highest BCUT2D eigenvalue weighted by Gasteiger charge is 2.13. The number of anilines is 1. The number of aromatic nitrogens is 2. The first-order valence-corrected chi connectivity index (χ1v) is 6.76. The summed E-state index contributed by atoms with van der Waals surface area (Å²) in [6.45, 7) is 5.58. The predicted octanol–water partition coefficient (Wildman–Crippen LogP) is 3.45. The van der Waals surface area contributed by atoms with Crippen molar-refractivity contribution in [3.8, 4) is 0 Å². The molecule has 1 aliphatic carbocycles. The third kappa shape index (κ3) is 3.62. The van der Waals surface area contributed by atoms with Gasteiger partial charge in [0.2, 0.25) is 5.95 Å². The summed E-state index contributed by atoms with van der Waals surface area (Å²) in [5.74, 6) is 1.90. The van der Waals surface area contributed by atoms with Crippen molar-refractivity contribution in [1.82, 2.24) is 9.55 Å². The molecule has 0 spiro atoms. The fourth-order valence-electron chi connectivity index (χ4n) is 2.62. The number of hydrogen-bond donors (Lipinski definition) is 1. The second-order valence-corrected chi connectivity index (χ2v) is 4.91. The minimum atomic E-state index is 0.778. The van der Waals surface area contributed by atoms with Crippen molar-refractivity contribution in [2.75, 3.05) is 11.9 Å². The third-order valence-electron chi connectivity index (χ3n) is 3.62. The van der Waals surface area contributed by atoms with E-state index in [0.717, 1.165) is 25.0 Å². The first-order valence-electron chi connectivity index (χ1n) is 6.76. The van der Waals surface area contributed by atoms with Crippen LogP contribution in [-0.4, -0.2) is 16.1 Å². The van der Waals surface area contributed by atoms with E-state index in [2.05, 4.69) is 27.6 Å². The largest absolute Gasteiger partial charge is 0.352 e. The molecule has 0 aliphatic heterocycles. The fraction of sp³-hybridized carbons (Fsp3) is 0.643. The Bertz CT molecular complexity index is 337. The Morgan fingerprint density at radius 1 is 1.41 bits per heavy atom. The lowest BCUT2D eigenvalue weighted by Gasteiger charge is -2.21. The zero-order chi connectivity index (χ0) is 11.9. The van der Waals surface area contributed by atoms with Crippen molar-refractivity contribution >= 4 is 5.95 Å². The monoisotopic (exact) mass is 233 g/mol. The van der Waals surface area contributed by atoms with E-state index in [1.807, 2.05) is 12.3 Å². The van der Waals surface area contributed by atoms with E-state index in [9.17, 15) is 0 Å². The van der Waals surface area contributed by atoms with Crippen molar-refractivity contribution < 1.29 is 0 Å². The van der Waals surface area contributed by atoms with E-state index < -0.39 is 0 Å². The molecule has 0 radical (unpaired) electrons. The summed E-state index contributed by atoms with van der Waals surface area (Å²) < 4.78 is 2.22. The van der Waals surface area contributed by atoms with E-state index >= 15 is 0 Å². The van der Waals surface area contributed by atoms with Crippen LogP contribution in [-0.2, 0) is 6.54 Å². The van der Waals surface area contributed by atoms with Crippen LogP contribution in [0.3, 0.4) is 0 Å². The summed E-state index contributed by atoms with van der Waals surface area (Å²) >= 11 is 0. The van der Waals surface area contributed by atoms with Crippen LogP contribution in [0.2, 0.25) is 0 Å². The first kappa shape index (κ1) is 12.2. The van der Waals surface area contributed by atoms with Gasteiger partial charge in [-0.05, 0) is 12.3 Å². The lowest BCUT2D eigenvalue weighted by molar-refractivity contribution is 0.324. The van der Waals surface area contributed by atoms with E-state index in [1.165, 1.54) is 38.5 Å². The quantitative estimate of drug-likeness (QED) is 0.763. The lowest BCUT2D eigenvalue weighted by atomic mass is 9.87. The molecule has 0 atom stereocenters. The zero-order valence-corrected chi connectivity index (χ0v) is 10.6. The Balaban J connectivity index is 1.81. The SMILES string of the molecule is C=CCNc1nccn1CCC1CCCCC1. The molecule has 0 aromatic carbocycles. The summed E-state index contributed by atoms with van der Waals surface area (Å²) in [7, 11) is 0. The Kier molecular flexibility index (Phi) is 4.65. The second kappa shape index (κ2) is 6.48. The van der Waals surface area contributed by atoms with Crippen molar-refractivity contribution in [3.63, 3.8) is 0 Å². The van der Waals surface area contributed by atoms with Gasteiger partial charge >= 0.3 is 0 Å². The Hall–Kier alpha value is -1.25. The van der Waals surface area contributed by atoms with E-state index in [4.69, 9.17) is 0 Å². The molecule has 94 valence electrons. The topological polar surface area (TPSA) is 29.9 Å². The van der Waals surface area contributed by atoms with Gasteiger partial charge in [-0.15, -0.1) is 6.58 Å². The lowest BCUT2D eigenvalue weighted by Crippen LogP contribution is -2.12. The molecule has 0 saturated heterocycles. The van der Waals surface area contributed by atoms with Crippen LogP contribution in [0.4, 0.5) is 5.95 Å². The molecule has 1 saturated carbocycles. The van der Waals surface area contributed by atoms with Crippen LogP contribution in [0, 0.1) is 5.92 Å². The number of hydrogen-bond acceptors (Lipinski definition) is 2. The molecule has 3 nitrogen and oxygen atoms in total. The Labute approximate surface area is 104 Å². The van der Waals surface area contributed by atoms with Gasteiger partial charge in [0.05, 0.1) is 0 Å². The van der Waals surface area contributed by atoms with Gasteiger partial charge in [-0.25, -0.2) is 4.98 Å². The second-order valence-electron chi connectivity index (χ2n) is 4.91. The predicted molar refractivity (Wildman–Crippen MR) is 72.1 cm³/mol. The molecule has 0 amide bonds. The summed E-state index contributed by atoms with van der Waals surface area (Å²) in [5, 5.41) is 3.26. The smallest absolute Gasteiger partial charge is 0.203 e. The van der Waals surface area contributed by atoms with Gasteiger partial charge in [-0.1, -0.05) is 38.2 Å². The van der Waals surface area contributed by atoms with Gasteiger partial charge < -0.3 is 9.88 Å². The van der Waals surface area contributed by atoms with Crippen LogP contribution in [0.5, 0.6) is 0 Å². The number of nitrogens with zero attached hydrogens (tertiary/aromatic N) is 2. The van der Waals surface area contributed by atoms with E-state index in [1.54, 1.807) is 0 Å². The molecule has 0 bridgehead atoms. The molecule has 2 rings (SSSR count). The standard InChI is InChI=1S/C14H23N3/c1-2-9-15-14-16-10-12-17(14)11-8-13-6-4-3-5-7-13/h2,10,12-13H,1,3-9,11H2,(H,15,16). The zero-order valence-electron chi connectivity index (χ0n) is 10.6. The molecule has 1 aromatic heterocycles. The maximum absolute atomic E-state index is 4.32. The van der Waals surface area contributed by atoms with E-state index in [0.29, 0.717) is 0 Å². The molecule has 0 unspecified atom stereocenters. The summed E-state index contributed by atoms with van der Waals surface area (Å²) in [5.41, 5.74) is 0. The molecule has 1 fully saturated rings. The third-order valence-corrected chi connectivity index (χ3v) is 3.62. The summed E-state index contributed by atoms with van der Waals surface area (Å²) in [6, 6.07) is 0. The Morgan fingerprint density at radius 2 is 2.24 bits per heavy atom. The number of aryl methyl sites for hydroxylation is 1. The van der Waals surface area contributed by atoms with Gasteiger partial charge in [0, 0.05) is 25.5 Å². The minimum Gasteiger partial charge on any atom is -0.352 e. The van der Waals surface area contributed by atoms with Crippen molar-refractivity contribution in [2.45, 2.75) is 45.1 Å². The molecule has 3 heteroatoms. The molecule has 1 aromatic rings. The highest BCUT2D eigenvalue weighted by molar-refractivity contribution is 5.26. The molecule has 1 aliphatic rings. The molecule has 1 N–H and O–H groups in total. The average Bonchev–Trinajstić information content (AvgIpc) is 2.82. The van der Waals surface area contributed by atoms with Gasteiger partial charge in [-0.3, -0.25) is 0 Å². The minimum absolute atomic E-state index is 0.778. The van der Waals surface area contributed by atoms with Crippen molar-refractivity contribution in [2.24, 2.45) is 5.92 Å². The normalized spacial score (nSPS) is 16.9. The summed E-state index contributed by atoms with van der Waals surface area (Å²) in [6.07, 6.45) is 14.2. The van der Waals surface area contributed by atoms with Crippen LogP contribution < -0.4 is 5.32 Å². The van der Waals surface area contributed by atoms with Crippen LogP contribution in [0.25, 0.3) is 0 Å². The highest BCUT2D eigenvalue weighted by atomic mass is 15.2. The molecular formula is C14H23N3. The molecule has 17 heavy (non-hydrogen) atoms. The number of imidazole rings is 1. The van der Waals surface area contributed by atoms with Gasteiger partial charge in [0.25, 0.3) is 0 Å². The van der Waals surface area contributed by atoms with Crippen molar-refractivity contribution in [1.29, 1.82) is 0 Å². The highest BCUT2D eigenvalue weighted by Crippen LogP contribution is 2.26. The van der Waals surface area contributed by atoms with Crippen LogP contribution >= 0.6 is 0 Å². The Morgan fingerprint density at radius 3 is 3.00 bits per heavy atom. The summed E-state index contributed by atoms with van der Waals surface area (Å²) in [4.78, 5) is 4.32. The number of nitrogens with one attached hydrogen (secondary N) is 1. The van der Waals surface area contributed by atoms with Crippen LogP contribution in [0.15, 0.2) is 25.0 Å². The van der Waals surface area contributed by atoms with Gasteiger partial charge in [0.1, 0.15) is 0 Å². The van der Waals surface area contributed by atoms with Gasteiger partial charge in [-0.2, -0.15) is 0 Å². The fourth-order valence-corrected chi connectivity index (χ4v) is 2.62. The molecule has 1 heterocycles. The molecular weight excluding hydrogens is 210 g/mol. The average molecular weight is 233 g/mol. The number of rotatable bonds is 6. The van der Waals surface area contributed by atoms with E-state index in [-0.39, 0.29) is 0 Å².